The topological polar surface area (TPSA) is 116 Å². The van der Waals surface area contributed by atoms with Crippen LogP contribution in [0.15, 0.2) is 0 Å². The normalized spacial score (nSPS) is 17.0. The van der Waals surface area contributed by atoms with Gasteiger partial charge in [-0.25, -0.2) is 9.59 Å². The Labute approximate surface area is 124 Å². The summed E-state index contributed by atoms with van der Waals surface area (Å²) in [6.45, 7) is 0.563. The number of hydrogen-bond donors (Lipinski definition) is 4. The minimum Gasteiger partial charge on any atom is -0.481 e. The molecule has 7 nitrogen and oxygen atoms in total. The van der Waals surface area contributed by atoms with Crippen LogP contribution in [0.1, 0.15) is 51.4 Å². The third kappa shape index (κ3) is 7.53. The van der Waals surface area contributed by atoms with Crippen molar-refractivity contribution >= 4 is 18.0 Å². The molecular formula is C14H24N2O5. The molecule has 1 atom stereocenters. The summed E-state index contributed by atoms with van der Waals surface area (Å²) in [4.78, 5) is 33.1. The Bertz CT molecular complexity index is 366. The van der Waals surface area contributed by atoms with Gasteiger partial charge in [-0.15, -0.1) is 0 Å². The number of hydrogen-bond acceptors (Lipinski definition) is 3. The lowest BCUT2D eigenvalue weighted by atomic mass is 9.89. The summed E-state index contributed by atoms with van der Waals surface area (Å²) >= 11 is 0. The van der Waals surface area contributed by atoms with E-state index in [1.54, 1.807) is 0 Å². The van der Waals surface area contributed by atoms with Gasteiger partial charge in [-0.3, -0.25) is 4.79 Å². The summed E-state index contributed by atoms with van der Waals surface area (Å²) in [6.07, 6.45) is 6.03. The van der Waals surface area contributed by atoms with E-state index in [0.29, 0.717) is 12.5 Å². The fourth-order valence-electron chi connectivity index (χ4n) is 2.55. The quantitative estimate of drug-likeness (QED) is 0.543. The summed E-state index contributed by atoms with van der Waals surface area (Å²) < 4.78 is 0. The highest BCUT2D eigenvalue weighted by molar-refractivity contribution is 5.82. The highest BCUT2D eigenvalue weighted by Gasteiger charge is 2.20. The Hall–Kier alpha value is -1.79. The fourth-order valence-corrected chi connectivity index (χ4v) is 2.55. The van der Waals surface area contributed by atoms with Crippen molar-refractivity contribution in [1.82, 2.24) is 10.6 Å². The predicted octanol–water partition coefficient (Wildman–Crippen LogP) is 1.57. The van der Waals surface area contributed by atoms with Crippen LogP contribution in [0, 0.1) is 5.92 Å². The Kier molecular flexibility index (Phi) is 7.56. The van der Waals surface area contributed by atoms with E-state index in [0.717, 1.165) is 12.8 Å². The fraction of sp³-hybridized carbons (Fsp3) is 0.786. The number of aliphatic carboxylic acids is 2. The lowest BCUT2D eigenvalue weighted by Crippen LogP contribution is -2.47. The minimum absolute atomic E-state index is 0.102. The summed E-state index contributed by atoms with van der Waals surface area (Å²) in [6, 6.07) is -1.54. The van der Waals surface area contributed by atoms with Gasteiger partial charge in [-0.05, 0) is 31.6 Å². The summed E-state index contributed by atoms with van der Waals surface area (Å²) in [5, 5.41) is 22.6. The molecule has 7 heteroatoms. The molecule has 0 aromatic carbocycles. The van der Waals surface area contributed by atoms with Gasteiger partial charge >= 0.3 is 18.0 Å². The van der Waals surface area contributed by atoms with Crippen LogP contribution in [0.25, 0.3) is 0 Å². The number of carboxylic acids is 2. The standard InChI is InChI=1S/C14H24N2O5/c17-12(18)8-4-7-11(13(19)20)16-14(21)15-9-10-5-2-1-3-6-10/h10-11H,1-9H2,(H,17,18)(H,19,20)(H2,15,16,21)/t11-/m1/s1. The third-order valence-electron chi connectivity index (χ3n) is 3.76. The van der Waals surface area contributed by atoms with Gasteiger partial charge in [0.25, 0.3) is 0 Å². The largest absolute Gasteiger partial charge is 0.481 e. The van der Waals surface area contributed by atoms with Gasteiger partial charge in [0.1, 0.15) is 6.04 Å². The second kappa shape index (κ2) is 9.20. The molecule has 2 amide bonds. The first-order chi connectivity index (χ1) is 9.99. The van der Waals surface area contributed by atoms with Crippen LogP contribution in [-0.2, 0) is 9.59 Å². The van der Waals surface area contributed by atoms with Crippen molar-refractivity contribution < 1.29 is 24.6 Å². The number of amides is 2. The van der Waals surface area contributed by atoms with Gasteiger partial charge in [-0.1, -0.05) is 19.3 Å². The van der Waals surface area contributed by atoms with Crippen molar-refractivity contribution in [1.29, 1.82) is 0 Å². The molecule has 0 unspecified atom stereocenters. The molecule has 1 saturated carbocycles. The Balaban J connectivity index is 2.27. The molecule has 21 heavy (non-hydrogen) atoms. The molecular weight excluding hydrogens is 276 g/mol. The number of carboxylic acid groups (broad SMARTS) is 2. The molecule has 0 aromatic rings. The Morgan fingerprint density at radius 1 is 1.10 bits per heavy atom. The van der Waals surface area contributed by atoms with Gasteiger partial charge < -0.3 is 20.8 Å². The minimum atomic E-state index is -1.15. The monoisotopic (exact) mass is 300 g/mol. The summed E-state index contributed by atoms with van der Waals surface area (Å²) in [7, 11) is 0. The second-order valence-electron chi connectivity index (χ2n) is 5.54. The van der Waals surface area contributed by atoms with E-state index in [1.807, 2.05) is 0 Å². The molecule has 0 radical (unpaired) electrons. The molecule has 120 valence electrons. The van der Waals surface area contributed by atoms with Gasteiger partial charge in [0.05, 0.1) is 0 Å². The zero-order valence-corrected chi connectivity index (χ0v) is 12.1. The van der Waals surface area contributed by atoms with Crippen molar-refractivity contribution in [3.8, 4) is 0 Å². The Morgan fingerprint density at radius 2 is 1.76 bits per heavy atom. The van der Waals surface area contributed by atoms with Crippen molar-refractivity contribution in [3.05, 3.63) is 0 Å². The predicted molar refractivity (Wildman–Crippen MR) is 76.0 cm³/mol. The highest BCUT2D eigenvalue weighted by Crippen LogP contribution is 2.22. The second-order valence-corrected chi connectivity index (χ2v) is 5.54. The van der Waals surface area contributed by atoms with Crippen LogP contribution < -0.4 is 10.6 Å². The number of urea groups is 1. The number of carbonyl (C=O) groups is 3. The molecule has 0 heterocycles. The van der Waals surface area contributed by atoms with Crippen LogP contribution in [0.3, 0.4) is 0 Å². The molecule has 0 bridgehead atoms. The molecule has 0 aromatic heterocycles. The van der Waals surface area contributed by atoms with Crippen molar-refractivity contribution in [3.63, 3.8) is 0 Å². The molecule has 0 spiro atoms. The first kappa shape index (κ1) is 17.3. The Morgan fingerprint density at radius 3 is 2.33 bits per heavy atom. The van der Waals surface area contributed by atoms with Gasteiger partial charge in [-0.2, -0.15) is 0 Å². The number of carbonyl (C=O) groups excluding carboxylic acids is 1. The molecule has 1 rings (SSSR count). The maximum absolute atomic E-state index is 11.7. The van der Waals surface area contributed by atoms with Crippen LogP contribution in [0.2, 0.25) is 0 Å². The smallest absolute Gasteiger partial charge is 0.326 e. The zero-order valence-electron chi connectivity index (χ0n) is 12.1. The van der Waals surface area contributed by atoms with Crippen molar-refractivity contribution in [2.45, 2.75) is 57.4 Å². The van der Waals surface area contributed by atoms with Crippen LogP contribution in [0.4, 0.5) is 4.79 Å². The van der Waals surface area contributed by atoms with E-state index >= 15 is 0 Å². The molecule has 0 aliphatic heterocycles. The summed E-state index contributed by atoms with van der Waals surface area (Å²) in [5.74, 6) is -1.64. The average Bonchev–Trinajstić information content (AvgIpc) is 2.44. The van der Waals surface area contributed by atoms with Gasteiger partial charge in [0.2, 0.25) is 0 Å². The van der Waals surface area contributed by atoms with E-state index in [2.05, 4.69) is 10.6 Å². The van der Waals surface area contributed by atoms with Crippen LogP contribution in [0.5, 0.6) is 0 Å². The van der Waals surface area contributed by atoms with E-state index in [-0.39, 0.29) is 19.3 Å². The van der Waals surface area contributed by atoms with E-state index in [4.69, 9.17) is 10.2 Å². The maximum Gasteiger partial charge on any atom is 0.326 e. The van der Waals surface area contributed by atoms with Crippen molar-refractivity contribution in [2.75, 3.05) is 6.54 Å². The first-order valence-electron chi connectivity index (χ1n) is 7.48. The van der Waals surface area contributed by atoms with E-state index < -0.39 is 24.0 Å². The molecule has 0 saturated heterocycles. The number of nitrogens with one attached hydrogen (secondary N) is 2. The zero-order chi connectivity index (χ0) is 15.7. The van der Waals surface area contributed by atoms with Crippen LogP contribution >= 0.6 is 0 Å². The highest BCUT2D eigenvalue weighted by atomic mass is 16.4. The van der Waals surface area contributed by atoms with Gasteiger partial charge in [0.15, 0.2) is 0 Å². The molecule has 1 fully saturated rings. The van der Waals surface area contributed by atoms with Crippen molar-refractivity contribution in [2.24, 2.45) is 5.92 Å². The van der Waals surface area contributed by atoms with Crippen LogP contribution in [-0.4, -0.2) is 40.8 Å². The average molecular weight is 300 g/mol. The molecule has 1 aliphatic rings. The maximum atomic E-state index is 11.7. The SMILES string of the molecule is O=C(O)CCC[C@@H](NC(=O)NCC1CCCCC1)C(=O)O. The lowest BCUT2D eigenvalue weighted by Gasteiger charge is -2.22. The first-order valence-corrected chi connectivity index (χ1v) is 7.48. The number of rotatable bonds is 8. The van der Waals surface area contributed by atoms with Gasteiger partial charge in [0, 0.05) is 13.0 Å². The van der Waals surface area contributed by atoms with E-state index in [1.165, 1.54) is 19.3 Å². The third-order valence-corrected chi connectivity index (χ3v) is 3.76. The van der Waals surface area contributed by atoms with E-state index in [9.17, 15) is 14.4 Å². The summed E-state index contributed by atoms with van der Waals surface area (Å²) in [5.41, 5.74) is 0. The molecule has 1 aliphatic carbocycles. The lowest BCUT2D eigenvalue weighted by molar-refractivity contribution is -0.140. The molecule has 4 N–H and O–H groups in total.